The summed E-state index contributed by atoms with van der Waals surface area (Å²) in [5.41, 5.74) is 5.19. The van der Waals surface area contributed by atoms with Gasteiger partial charge in [-0.1, -0.05) is 13.0 Å². The van der Waals surface area contributed by atoms with Crippen LogP contribution < -0.4 is 0 Å². The fourth-order valence-corrected chi connectivity index (χ4v) is 3.18. The van der Waals surface area contributed by atoms with Crippen LogP contribution >= 0.6 is 0 Å². The van der Waals surface area contributed by atoms with Crippen LogP contribution in [-0.4, -0.2) is 16.1 Å². The van der Waals surface area contributed by atoms with Crippen LogP contribution in [0, 0.1) is 5.92 Å². The van der Waals surface area contributed by atoms with Crippen molar-refractivity contribution in [1.29, 1.82) is 0 Å². The number of rotatable bonds is 3. The first-order valence-corrected chi connectivity index (χ1v) is 7.01. The van der Waals surface area contributed by atoms with E-state index in [9.17, 15) is 4.79 Å². The number of nitrogens with one attached hydrogen (secondary N) is 1. The van der Waals surface area contributed by atoms with Gasteiger partial charge in [0.05, 0.1) is 0 Å². The molecule has 0 fully saturated rings. The molecule has 100 valence electrons. The molecule has 2 N–H and O–H groups in total. The highest BCUT2D eigenvalue weighted by Crippen LogP contribution is 2.33. The van der Waals surface area contributed by atoms with Gasteiger partial charge in [0.1, 0.15) is 0 Å². The van der Waals surface area contributed by atoms with Crippen molar-refractivity contribution in [3.8, 4) is 0 Å². The van der Waals surface area contributed by atoms with Gasteiger partial charge in [0.15, 0.2) is 0 Å². The zero-order valence-electron chi connectivity index (χ0n) is 11.2. The molecule has 1 aliphatic carbocycles. The van der Waals surface area contributed by atoms with E-state index in [1.165, 1.54) is 27.7 Å². The van der Waals surface area contributed by atoms with Crippen molar-refractivity contribution < 1.29 is 9.90 Å². The Morgan fingerprint density at radius 1 is 1.47 bits per heavy atom. The topological polar surface area (TPSA) is 53.1 Å². The number of benzene rings is 1. The van der Waals surface area contributed by atoms with Gasteiger partial charge in [-0.05, 0) is 54.9 Å². The van der Waals surface area contributed by atoms with E-state index in [2.05, 4.69) is 30.1 Å². The van der Waals surface area contributed by atoms with Crippen LogP contribution in [0.4, 0.5) is 0 Å². The monoisotopic (exact) mass is 257 g/mol. The number of carboxylic acid groups (broad SMARTS) is 1. The Kier molecular flexibility index (Phi) is 3.05. The second-order valence-electron chi connectivity index (χ2n) is 5.52. The Bertz CT molecular complexity index is 627. The molecule has 3 nitrogen and oxygen atoms in total. The molecular formula is C16H19NO2. The number of aliphatic carboxylic acids is 1. The third-order valence-electron chi connectivity index (χ3n) is 4.23. The largest absolute Gasteiger partial charge is 0.481 e. The molecule has 1 heterocycles. The maximum Gasteiger partial charge on any atom is 0.303 e. The average Bonchev–Trinajstić information content (AvgIpc) is 2.75. The fourth-order valence-electron chi connectivity index (χ4n) is 3.18. The van der Waals surface area contributed by atoms with E-state index in [1.807, 2.05) is 0 Å². The lowest BCUT2D eigenvalue weighted by atomic mass is 9.84. The van der Waals surface area contributed by atoms with E-state index in [0.29, 0.717) is 6.42 Å². The molecule has 1 aromatic carbocycles. The number of aromatic amines is 1. The normalized spacial score (nSPS) is 18.5. The van der Waals surface area contributed by atoms with E-state index in [4.69, 9.17) is 5.11 Å². The third kappa shape index (κ3) is 2.25. The molecule has 0 aliphatic heterocycles. The summed E-state index contributed by atoms with van der Waals surface area (Å²) in [5.74, 6) is -0.392. The maximum atomic E-state index is 10.9. The van der Waals surface area contributed by atoms with Crippen LogP contribution in [-0.2, 0) is 24.1 Å². The van der Waals surface area contributed by atoms with Gasteiger partial charge in [-0.2, -0.15) is 0 Å². The molecule has 0 radical (unpaired) electrons. The number of hydrogen-bond donors (Lipinski definition) is 2. The standard InChI is InChI=1S/C16H19NO2/c1-2-10-3-5-14-12(7-10)13-8-11(9-16(18)19)4-6-15(13)17-14/h3,5,7,11,17H,2,4,6,8-9H2,1H3,(H,18,19). The van der Waals surface area contributed by atoms with Crippen molar-refractivity contribution >= 4 is 16.9 Å². The second-order valence-corrected chi connectivity index (χ2v) is 5.52. The molecule has 3 heteroatoms. The molecule has 0 spiro atoms. The van der Waals surface area contributed by atoms with Crippen LogP contribution in [0.25, 0.3) is 10.9 Å². The molecule has 2 aromatic rings. The number of hydrogen-bond acceptors (Lipinski definition) is 1. The zero-order valence-corrected chi connectivity index (χ0v) is 11.2. The van der Waals surface area contributed by atoms with Gasteiger partial charge in [0.2, 0.25) is 0 Å². The quantitative estimate of drug-likeness (QED) is 0.886. The van der Waals surface area contributed by atoms with Crippen molar-refractivity contribution in [2.75, 3.05) is 0 Å². The van der Waals surface area contributed by atoms with Crippen LogP contribution in [0.15, 0.2) is 18.2 Å². The first-order valence-electron chi connectivity index (χ1n) is 7.01. The first-order chi connectivity index (χ1) is 9.17. The number of carbonyl (C=O) groups is 1. The predicted octanol–water partition coefficient (Wildman–Crippen LogP) is 3.31. The van der Waals surface area contributed by atoms with Gasteiger partial charge in [-0.3, -0.25) is 4.79 Å². The number of aromatic nitrogens is 1. The summed E-state index contributed by atoms with van der Waals surface area (Å²) in [6.07, 6.45) is 4.18. The molecule has 0 saturated carbocycles. The smallest absolute Gasteiger partial charge is 0.303 e. The van der Waals surface area contributed by atoms with Gasteiger partial charge < -0.3 is 10.1 Å². The summed E-state index contributed by atoms with van der Waals surface area (Å²) in [7, 11) is 0. The Balaban J connectivity index is 1.99. The van der Waals surface area contributed by atoms with Gasteiger partial charge in [-0.25, -0.2) is 0 Å². The summed E-state index contributed by atoms with van der Waals surface area (Å²) in [6, 6.07) is 6.57. The van der Waals surface area contributed by atoms with Crippen molar-refractivity contribution in [3.05, 3.63) is 35.0 Å². The lowest BCUT2D eigenvalue weighted by Gasteiger charge is -2.20. The van der Waals surface area contributed by atoms with Crippen molar-refractivity contribution in [3.63, 3.8) is 0 Å². The molecular weight excluding hydrogens is 238 g/mol. The van der Waals surface area contributed by atoms with Gasteiger partial charge in [-0.15, -0.1) is 0 Å². The van der Waals surface area contributed by atoms with Crippen molar-refractivity contribution in [1.82, 2.24) is 4.98 Å². The third-order valence-corrected chi connectivity index (χ3v) is 4.23. The van der Waals surface area contributed by atoms with E-state index < -0.39 is 5.97 Å². The number of aryl methyl sites for hydroxylation is 2. The molecule has 1 aromatic heterocycles. The molecule has 1 atom stereocenters. The highest BCUT2D eigenvalue weighted by atomic mass is 16.4. The van der Waals surface area contributed by atoms with Crippen molar-refractivity contribution in [2.24, 2.45) is 5.92 Å². The molecule has 19 heavy (non-hydrogen) atoms. The summed E-state index contributed by atoms with van der Waals surface area (Å²) in [5, 5.41) is 10.2. The minimum Gasteiger partial charge on any atom is -0.481 e. The number of H-pyrrole nitrogens is 1. The van der Waals surface area contributed by atoms with Crippen LogP contribution in [0.5, 0.6) is 0 Å². The number of fused-ring (bicyclic) bond motifs is 3. The van der Waals surface area contributed by atoms with Crippen LogP contribution in [0.2, 0.25) is 0 Å². The summed E-state index contributed by atoms with van der Waals surface area (Å²) in [6.45, 7) is 2.16. The van der Waals surface area contributed by atoms with Crippen LogP contribution in [0.1, 0.15) is 36.6 Å². The Labute approximate surface area is 112 Å². The molecule has 3 rings (SSSR count). The lowest BCUT2D eigenvalue weighted by Crippen LogP contribution is -2.17. The van der Waals surface area contributed by atoms with Crippen LogP contribution in [0.3, 0.4) is 0 Å². The molecule has 0 amide bonds. The minimum absolute atomic E-state index is 0.286. The van der Waals surface area contributed by atoms with Gasteiger partial charge >= 0.3 is 5.97 Å². The van der Waals surface area contributed by atoms with Crippen molar-refractivity contribution in [2.45, 2.75) is 39.0 Å². The minimum atomic E-state index is -0.678. The Hall–Kier alpha value is -1.77. The summed E-state index contributed by atoms with van der Waals surface area (Å²) >= 11 is 0. The maximum absolute atomic E-state index is 10.9. The van der Waals surface area contributed by atoms with E-state index >= 15 is 0 Å². The van der Waals surface area contributed by atoms with Gasteiger partial charge in [0.25, 0.3) is 0 Å². The highest BCUT2D eigenvalue weighted by Gasteiger charge is 2.24. The second kappa shape index (κ2) is 4.72. The Morgan fingerprint density at radius 2 is 2.32 bits per heavy atom. The highest BCUT2D eigenvalue weighted by molar-refractivity contribution is 5.85. The first kappa shape index (κ1) is 12.3. The molecule has 1 unspecified atom stereocenters. The summed E-state index contributed by atoms with van der Waals surface area (Å²) < 4.78 is 0. The molecule has 1 aliphatic rings. The predicted molar refractivity (Wildman–Crippen MR) is 75.4 cm³/mol. The van der Waals surface area contributed by atoms with E-state index in [1.54, 1.807) is 0 Å². The van der Waals surface area contributed by atoms with Gasteiger partial charge in [0, 0.05) is 23.0 Å². The zero-order chi connectivity index (χ0) is 13.4. The molecule has 0 saturated heterocycles. The van der Waals surface area contributed by atoms with E-state index in [-0.39, 0.29) is 5.92 Å². The fraction of sp³-hybridized carbons (Fsp3) is 0.438. The Morgan fingerprint density at radius 3 is 3.05 bits per heavy atom. The van der Waals surface area contributed by atoms with E-state index in [0.717, 1.165) is 25.7 Å². The lowest BCUT2D eigenvalue weighted by molar-refractivity contribution is -0.138. The number of carboxylic acids is 1. The average molecular weight is 257 g/mol. The molecule has 0 bridgehead atoms. The SMILES string of the molecule is CCc1ccc2[nH]c3c(c2c1)CC(CC(=O)O)CC3. The summed E-state index contributed by atoms with van der Waals surface area (Å²) in [4.78, 5) is 14.4.